The Morgan fingerprint density at radius 1 is 1.08 bits per heavy atom. The molecule has 1 aliphatic rings. The Labute approximate surface area is 138 Å². The van der Waals surface area contributed by atoms with E-state index in [1.54, 1.807) is 18.6 Å². The fourth-order valence-corrected chi connectivity index (χ4v) is 3.39. The van der Waals surface area contributed by atoms with Crippen LogP contribution in [-0.2, 0) is 0 Å². The molecule has 0 unspecified atom stereocenters. The quantitative estimate of drug-likeness (QED) is 0.736. The molecule has 0 radical (unpaired) electrons. The summed E-state index contributed by atoms with van der Waals surface area (Å²) in [5.41, 5.74) is 1.51. The Morgan fingerprint density at radius 3 is 2.75 bits per heavy atom. The van der Waals surface area contributed by atoms with Gasteiger partial charge in [0.25, 0.3) is 0 Å². The van der Waals surface area contributed by atoms with Gasteiger partial charge in [-0.2, -0.15) is 0 Å². The van der Waals surface area contributed by atoms with Gasteiger partial charge in [0.15, 0.2) is 0 Å². The smallest absolute Gasteiger partial charge is 0.150 e. The highest BCUT2D eigenvalue weighted by Crippen LogP contribution is 2.30. The summed E-state index contributed by atoms with van der Waals surface area (Å²) in [4.78, 5) is 11.7. The molecular formula is C18H18F2N4. The normalized spacial score (nSPS) is 15.8. The molecule has 3 aromatic rings. The lowest BCUT2D eigenvalue weighted by Gasteiger charge is -2.23. The van der Waals surface area contributed by atoms with Crippen LogP contribution < -0.4 is 5.32 Å². The van der Waals surface area contributed by atoms with Crippen molar-refractivity contribution in [1.29, 1.82) is 0 Å². The minimum absolute atomic E-state index is 0.277. The van der Waals surface area contributed by atoms with Crippen molar-refractivity contribution < 1.29 is 8.78 Å². The van der Waals surface area contributed by atoms with Crippen LogP contribution in [0.4, 0.5) is 14.6 Å². The fraction of sp³-hybridized carbons (Fsp3) is 0.333. The summed E-state index contributed by atoms with van der Waals surface area (Å²) in [7, 11) is 0. The molecule has 0 bridgehead atoms. The zero-order valence-corrected chi connectivity index (χ0v) is 13.1. The lowest BCUT2D eigenvalue weighted by molar-refractivity contribution is 0.462. The van der Waals surface area contributed by atoms with E-state index in [1.165, 1.54) is 25.3 Å². The lowest BCUT2D eigenvalue weighted by atomic mass is 9.95. The van der Waals surface area contributed by atoms with Crippen LogP contribution in [0.5, 0.6) is 0 Å². The van der Waals surface area contributed by atoms with Gasteiger partial charge in [-0.05, 0) is 18.9 Å². The van der Waals surface area contributed by atoms with Crippen molar-refractivity contribution in [2.24, 2.45) is 0 Å². The summed E-state index contributed by atoms with van der Waals surface area (Å²) >= 11 is 0. The molecule has 6 heteroatoms. The van der Waals surface area contributed by atoms with Crippen molar-refractivity contribution in [3.05, 3.63) is 42.4 Å². The highest BCUT2D eigenvalue weighted by Gasteiger charge is 2.16. The number of aromatic amines is 1. The van der Waals surface area contributed by atoms with E-state index in [0.29, 0.717) is 28.5 Å². The van der Waals surface area contributed by atoms with Crippen molar-refractivity contribution in [3.8, 4) is 11.3 Å². The van der Waals surface area contributed by atoms with Crippen molar-refractivity contribution in [2.45, 2.75) is 38.1 Å². The van der Waals surface area contributed by atoms with Gasteiger partial charge in [0.2, 0.25) is 0 Å². The minimum Gasteiger partial charge on any atom is -0.366 e. The van der Waals surface area contributed by atoms with Crippen LogP contribution in [0.1, 0.15) is 32.1 Å². The first-order chi connectivity index (χ1) is 11.7. The molecule has 2 N–H and O–H groups in total. The van der Waals surface area contributed by atoms with E-state index < -0.39 is 11.6 Å². The van der Waals surface area contributed by atoms with Crippen LogP contribution in [0.2, 0.25) is 0 Å². The van der Waals surface area contributed by atoms with E-state index in [1.807, 2.05) is 0 Å². The number of halogens is 2. The first kappa shape index (κ1) is 15.1. The monoisotopic (exact) mass is 328 g/mol. The first-order valence-electron chi connectivity index (χ1n) is 8.26. The molecule has 1 aromatic carbocycles. The van der Waals surface area contributed by atoms with Gasteiger partial charge in [0.05, 0.1) is 23.6 Å². The third-order valence-corrected chi connectivity index (χ3v) is 4.57. The molecule has 24 heavy (non-hydrogen) atoms. The molecule has 1 saturated carbocycles. The topological polar surface area (TPSA) is 53.6 Å². The fourth-order valence-electron chi connectivity index (χ4n) is 3.39. The molecule has 1 aliphatic carbocycles. The number of H-pyrrole nitrogens is 1. The van der Waals surface area contributed by atoms with E-state index in [-0.39, 0.29) is 5.52 Å². The zero-order valence-electron chi connectivity index (χ0n) is 13.1. The van der Waals surface area contributed by atoms with Crippen LogP contribution >= 0.6 is 0 Å². The van der Waals surface area contributed by atoms with Gasteiger partial charge >= 0.3 is 0 Å². The van der Waals surface area contributed by atoms with Gasteiger partial charge in [-0.1, -0.05) is 19.3 Å². The number of anilines is 1. The molecule has 0 saturated heterocycles. The van der Waals surface area contributed by atoms with Crippen molar-refractivity contribution in [3.63, 3.8) is 0 Å². The molecular weight excluding hydrogens is 310 g/mol. The maximum Gasteiger partial charge on any atom is 0.150 e. The second kappa shape index (κ2) is 6.19. The van der Waals surface area contributed by atoms with E-state index in [2.05, 4.69) is 20.3 Å². The van der Waals surface area contributed by atoms with Crippen LogP contribution in [0, 0.1) is 11.6 Å². The molecule has 0 atom stereocenters. The van der Waals surface area contributed by atoms with Gasteiger partial charge < -0.3 is 10.3 Å². The second-order valence-corrected chi connectivity index (χ2v) is 6.28. The number of benzene rings is 1. The zero-order chi connectivity index (χ0) is 16.5. The summed E-state index contributed by atoms with van der Waals surface area (Å²) in [5.74, 6) is -0.517. The average molecular weight is 328 g/mol. The number of hydrogen-bond acceptors (Lipinski definition) is 3. The summed E-state index contributed by atoms with van der Waals surface area (Å²) in [6.45, 7) is 0. The van der Waals surface area contributed by atoms with E-state index >= 15 is 0 Å². The predicted molar refractivity (Wildman–Crippen MR) is 89.7 cm³/mol. The Hall–Kier alpha value is -2.50. The Kier molecular flexibility index (Phi) is 3.88. The van der Waals surface area contributed by atoms with Crippen molar-refractivity contribution in [1.82, 2.24) is 15.0 Å². The lowest BCUT2D eigenvalue weighted by Crippen LogP contribution is -2.22. The van der Waals surface area contributed by atoms with E-state index in [0.717, 1.165) is 18.9 Å². The highest BCUT2D eigenvalue weighted by molar-refractivity contribution is 5.94. The predicted octanol–water partition coefficient (Wildman–Crippen LogP) is 4.65. The van der Waals surface area contributed by atoms with E-state index in [9.17, 15) is 8.78 Å². The largest absolute Gasteiger partial charge is 0.366 e. The second-order valence-electron chi connectivity index (χ2n) is 6.28. The number of nitrogens with one attached hydrogen (secondary N) is 2. The standard InChI is InChI=1S/C18H18F2N4/c19-11-6-13-14(8-22-18(13)15(20)7-11)16-9-21-10-17(24-16)23-12-4-2-1-3-5-12/h6-10,12,22H,1-5H2,(H,23,24). The maximum absolute atomic E-state index is 13.8. The highest BCUT2D eigenvalue weighted by atomic mass is 19.1. The van der Waals surface area contributed by atoms with Crippen LogP contribution in [0.25, 0.3) is 22.2 Å². The summed E-state index contributed by atoms with van der Waals surface area (Å²) < 4.78 is 27.4. The van der Waals surface area contributed by atoms with Crippen LogP contribution in [0.15, 0.2) is 30.7 Å². The van der Waals surface area contributed by atoms with Crippen molar-refractivity contribution >= 4 is 16.7 Å². The maximum atomic E-state index is 13.8. The summed E-state index contributed by atoms with van der Waals surface area (Å²) in [6, 6.07) is 2.60. The van der Waals surface area contributed by atoms with Gasteiger partial charge in [-0.15, -0.1) is 0 Å². The first-order valence-corrected chi connectivity index (χ1v) is 8.26. The number of rotatable bonds is 3. The average Bonchev–Trinajstić information content (AvgIpc) is 3.00. The van der Waals surface area contributed by atoms with Crippen molar-refractivity contribution in [2.75, 3.05) is 5.32 Å². The molecule has 0 amide bonds. The molecule has 1 fully saturated rings. The van der Waals surface area contributed by atoms with Gasteiger partial charge in [0.1, 0.15) is 17.5 Å². The SMILES string of the molecule is Fc1cc(F)c2[nH]cc(-c3cncc(NC4CCCCC4)n3)c2c1. The number of nitrogens with zero attached hydrogens (tertiary/aromatic N) is 2. The van der Waals surface area contributed by atoms with Crippen LogP contribution in [0.3, 0.4) is 0 Å². The van der Waals surface area contributed by atoms with E-state index in [4.69, 9.17) is 0 Å². The van der Waals surface area contributed by atoms with Gasteiger partial charge in [0, 0.05) is 29.3 Å². The van der Waals surface area contributed by atoms with Crippen LogP contribution in [-0.4, -0.2) is 21.0 Å². The summed E-state index contributed by atoms with van der Waals surface area (Å²) in [5, 5.41) is 3.89. The molecule has 4 rings (SSSR count). The third kappa shape index (κ3) is 2.84. The molecule has 0 spiro atoms. The summed E-state index contributed by atoms with van der Waals surface area (Å²) in [6.07, 6.45) is 11.0. The van der Waals surface area contributed by atoms with Gasteiger partial charge in [-0.25, -0.2) is 13.8 Å². The molecule has 124 valence electrons. The Balaban J connectivity index is 1.68. The molecule has 2 aromatic heterocycles. The Morgan fingerprint density at radius 2 is 1.92 bits per heavy atom. The minimum atomic E-state index is -0.610. The number of fused-ring (bicyclic) bond motifs is 1. The Bertz CT molecular complexity index is 869. The number of hydrogen-bond donors (Lipinski definition) is 2. The number of aromatic nitrogens is 3. The molecule has 2 heterocycles. The van der Waals surface area contributed by atoms with Gasteiger partial charge in [-0.3, -0.25) is 4.98 Å². The third-order valence-electron chi connectivity index (χ3n) is 4.57. The molecule has 0 aliphatic heterocycles. The molecule has 4 nitrogen and oxygen atoms in total.